The summed E-state index contributed by atoms with van der Waals surface area (Å²) in [6, 6.07) is 0. The molecule has 3 aliphatic rings. The maximum atomic E-state index is 6.09. The third-order valence-corrected chi connectivity index (χ3v) is 6.07. The molecule has 0 aromatic carbocycles. The number of ether oxygens (including phenoxy) is 4. The molecule has 3 rings (SSSR count). The number of rotatable bonds is 4. The van der Waals surface area contributed by atoms with E-state index in [0.29, 0.717) is 52.6 Å². The Kier molecular flexibility index (Phi) is 5.21. The van der Waals surface area contributed by atoms with Gasteiger partial charge in [-0.1, -0.05) is 0 Å². The van der Waals surface area contributed by atoms with Crippen LogP contribution in [0, 0.1) is 10.8 Å². The van der Waals surface area contributed by atoms with Crippen LogP contribution in [0.2, 0.25) is 0 Å². The van der Waals surface area contributed by atoms with Crippen molar-refractivity contribution in [3.63, 3.8) is 0 Å². The molecule has 0 bridgehead atoms. The molecule has 8 nitrogen and oxygen atoms in total. The third kappa shape index (κ3) is 3.22. The number of hydrogen-bond acceptors (Lipinski definition) is 8. The van der Waals surface area contributed by atoms with Gasteiger partial charge in [-0.05, 0) is 0 Å². The van der Waals surface area contributed by atoms with Crippen LogP contribution in [0.3, 0.4) is 0 Å². The molecule has 0 amide bonds. The Morgan fingerprint density at radius 2 is 0.750 bits per heavy atom. The van der Waals surface area contributed by atoms with E-state index < -0.39 is 11.6 Å². The van der Waals surface area contributed by atoms with Gasteiger partial charge in [0.2, 0.25) is 0 Å². The summed E-state index contributed by atoms with van der Waals surface area (Å²) in [7, 11) is 0. The van der Waals surface area contributed by atoms with Gasteiger partial charge in [0.1, 0.15) is 0 Å². The monoisotopic (exact) mass is 344 g/mol. The second-order valence-electron chi connectivity index (χ2n) is 7.79. The molecule has 3 fully saturated rings. The molecule has 2 spiro atoms. The lowest BCUT2D eigenvalue weighted by Gasteiger charge is -2.53. The molecule has 0 aromatic rings. The van der Waals surface area contributed by atoms with Gasteiger partial charge in [-0.3, -0.25) is 0 Å². The minimum absolute atomic E-state index is 0.264. The zero-order valence-corrected chi connectivity index (χ0v) is 14.4. The summed E-state index contributed by atoms with van der Waals surface area (Å²) in [6.45, 7) is 4.03. The minimum Gasteiger partial charge on any atom is -0.349 e. The standard InChI is InChI=1S/C16H32N4O4/c17-5-13(6-18)9-21-15(22-10-13)1-2-16(4-3-15)23-11-14(7-19,8-20)12-24-16/h1-12,17-20H2. The second kappa shape index (κ2) is 6.77. The molecule has 2 saturated heterocycles. The van der Waals surface area contributed by atoms with E-state index in [2.05, 4.69) is 0 Å². The number of nitrogens with two attached hydrogens (primary N) is 4. The maximum Gasteiger partial charge on any atom is 0.168 e. The fourth-order valence-electron chi connectivity index (χ4n) is 3.53. The predicted octanol–water partition coefficient (Wildman–Crippen LogP) is -1.15. The molecule has 8 N–H and O–H groups in total. The molecule has 0 unspecified atom stereocenters. The molecule has 24 heavy (non-hydrogen) atoms. The van der Waals surface area contributed by atoms with Crippen molar-refractivity contribution in [3.8, 4) is 0 Å². The average molecular weight is 344 g/mol. The van der Waals surface area contributed by atoms with Crippen molar-refractivity contribution in [2.75, 3.05) is 52.6 Å². The molecule has 1 aliphatic carbocycles. The van der Waals surface area contributed by atoms with E-state index in [0.717, 1.165) is 25.7 Å². The van der Waals surface area contributed by atoms with Gasteiger partial charge in [0.05, 0.1) is 26.4 Å². The van der Waals surface area contributed by atoms with E-state index >= 15 is 0 Å². The van der Waals surface area contributed by atoms with E-state index in [4.69, 9.17) is 41.9 Å². The Hall–Kier alpha value is -0.320. The van der Waals surface area contributed by atoms with Gasteiger partial charge in [-0.15, -0.1) is 0 Å². The van der Waals surface area contributed by atoms with Crippen molar-refractivity contribution < 1.29 is 18.9 Å². The summed E-state index contributed by atoms with van der Waals surface area (Å²) in [5.74, 6) is -1.11. The maximum absolute atomic E-state index is 6.09. The van der Waals surface area contributed by atoms with Gasteiger partial charge in [-0.25, -0.2) is 0 Å². The van der Waals surface area contributed by atoms with E-state index in [1.54, 1.807) is 0 Å². The summed E-state index contributed by atoms with van der Waals surface area (Å²) >= 11 is 0. The molecule has 140 valence electrons. The molecular weight excluding hydrogens is 312 g/mol. The van der Waals surface area contributed by atoms with Crippen molar-refractivity contribution >= 4 is 0 Å². The summed E-state index contributed by atoms with van der Waals surface area (Å²) in [4.78, 5) is 0. The SMILES string of the molecule is NCC1(CN)COC2(CCC3(CC2)OCC(CN)(CN)CO3)OC1. The first-order valence-corrected chi connectivity index (χ1v) is 8.85. The molecule has 0 atom stereocenters. The fraction of sp³-hybridized carbons (Fsp3) is 1.00. The van der Waals surface area contributed by atoms with Gasteiger partial charge in [0.25, 0.3) is 0 Å². The van der Waals surface area contributed by atoms with Crippen LogP contribution in [0.1, 0.15) is 25.7 Å². The Balaban J connectivity index is 1.55. The summed E-state index contributed by atoms with van der Waals surface area (Å²) in [6.07, 6.45) is 2.93. The highest BCUT2D eigenvalue weighted by atomic mass is 16.7. The van der Waals surface area contributed by atoms with Gasteiger partial charge in [0, 0.05) is 62.7 Å². The zero-order valence-electron chi connectivity index (χ0n) is 14.4. The van der Waals surface area contributed by atoms with Crippen molar-refractivity contribution in [1.29, 1.82) is 0 Å². The van der Waals surface area contributed by atoms with Crippen LogP contribution in [-0.4, -0.2) is 64.2 Å². The van der Waals surface area contributed by atoms with E-state index in [-0.39, 0.29) is 10.8 Å². The van der Waals surface area contributed by atoms with Crippen molar-refractivity contribution in [1.82, 2.24) is 0 Å². The van der Waals surface area contributed by atoms with Gasteiger partial charge in [0.15, 0.2) is 11.6 Å². The lowest BCUT2D eigenvalue weighted by molar-refractivity contribution is -0.365. The van der Waals surface area contributed by atoms with Crippen LogP contribution in [-0.2, 0) is 18.9 Å². The van der Waals surface area contributed by atoms with Gasteiger partial charge >= 0.3 is 0 Å². The highest BCUT2D eigenvalue weighted by molar-refractivity contribution is 4.95. The lowest BCUT2D eigenvalue weighted by Crippen LogP contribution is -2.61. The van der Waals surface area contributed by atoms with Crippen LogP contribution in [0.25, 0.3) is 0 Å². The highest BCUT2D eigenvalue weighted by Crippen LogP contribution is 2.46. The summed E-state index contributed by atoms with van der Waals surface area (Å²) in [5, 5.41) is 0. The smallest absolute Gasteiger partial charge is 0.168 e. The lowest BCUT2D eigenvalue weighted by atomic mass is 9.83. The van der Waals surface area contributed by atoms with Gasteiger partial charge < -0.3 is 41.9 Å². The fourth-order valence-corrected chi connectivity index (χ4v) is 3.53. The molecule has 2 heterocycles. The first-order valence-electron chi connectivity index (χ1n) is 8.85. The minimum atomic E-state index is -0.553. The van der Waals surface area contributed by atoms with E-state index in [1.165, 1.54) is 0 Å². The van der Waals surface area contributed by atoms with Crippen LogP contribution in [0.4, 0.5) is 0 Å². The molecule has 1 saturated carbocycles. The van der Waals surface area contributed by atoms with E-state index in [9.17, 15) is 0 Å². The number of hydrogen-bond donors (Lipinski definition) is 4. The Morgan fingerprint density at radius 1 is 0.500 bits per heavy atom. The first kappa shape index (κ1) is 18.5. The van der Waals surface area contributed by atoms with Crippen LogP contribution >= 0.6 is 0 Å². The van der Waals surface area contributed by atoms with Gasteiger partial charge in [-0.2, -0.15) is 0 Å². The second-order valence-corrected chi connectivity index (χ2v) is 7.79. The summed E-state index contributed by atoms with van der Waals surface area (Å²) in [5.41, 5.74) is 22.8. The molecule has 8 heteroatoms. The molecule has 0 radical (unpaired) electrons. The van der Waals surface area contributed by atoms with Crippen LogP contribution in [0.5, 0.6) is 0 Å². The normalized spacial score (nSPS) is 30.5. The predicted molar refractivity (Wildman–Crippen MR) is 88.8 cm³/mol. The highest BCUT2D eigenvalue weighted by Gasteiger charge is 2.52. The van der Waals surface area contributed by atoms with Crippen LogP contribution in [0.15, 0.2) is 0 Å². The molecule has 0 aromatic heterocycles. The zero-order chi connectivity index (χ0) is 17.3. The Morgan fingerprint density at radius 3 is 0.958 bits per heavy atom. The largest absolute Gasteiger partial charge is 0.349 e. The summed E-state index contributed by atoms with van der Waals surface area (Å²) < 4.78 is 24.4. The van der Waals surface area contributed by atoms with E-state index in [1.807, 2.05) is 0 Å². The van der Waals surface area contributed by atoms with Crippen molar-refractivity contribution in [2.24, 2.45) is 33.8 Å². The molecular formula is C16H32N4O4. The van der Waals surface area contributed by atoms with Crippen molar-refractivity contribution in [2.45, 2.75) is 37.3 Å². The molecule has 2 aliphatic heterocycles. The average Bonchev–Trinajstić information content (AvgIpc) is 2.67. The van der Waals surface area contributed by atoms with Crippen molar-refractivity contribution in [3.05, 3.63) is 0 Å². The third-order valence-electron chi connectivity index (χ3n) is 6.07. The Labute approximate surface area is 143 Å². The van der Waals surface area contributed by atoms with Crippen LogP contribution < -0.4 is 22.9 Å². The Bertz CT molecular complexity index is 368. The topological polar surface area (TPSA) is 141 Å². The first-order chi connectivity index (χ1) is 11.5. The quantitative estimate of drug-likeness (QED) is 0.501.